The second-order valence-electron chi connectivity index (χ2n) is 2.55. The van der Waals surface area contributed by atoms with Crippen LogP contribution in [-0.4, -0.2) is 18.3 Å². The Morgan fingerprint density at radius 3 is 2.80 bits per heavy atom. The van der Waals surface area contributed by atoms with Gasteiger partial charge in [-0.15, -0.1) is 0 Å². The third-order valence-electron chi connectivity index (χ3n) is 1.31. The molecule has 0 fully saturated rings. The van der Waals surface area contributed by atoms with Crippen LogP contribution in [0.2, 0.25) is 0 Å². The Balaban J connectivity index is 3.84. The number of aliphatic hydroxyl groups is 1. The minimum Gasteiger partial charge on any atom is -0.494 e. The molecule has 0 radical (unpaired) electrons. The summed E-state index contributed by atoms with van der Waals surface area (Å²) >= 11 is 2.10. The van der Waals surface area contributed by atoms with Gasteiger partial charge in [-0.25, -0.2) is 0 Å². The van der Waals surface area contributed by atoms with E-state index in [1.54, 1.807) is 12.2 Å². The number of allylic oxidation sites excluding steroid dienone is 3. The van der Waals surface area contributed by atoms with Crippen LogP contribution in [0.15, 0.2) is 36.6 Å². The lowest BCUT2D eigenvalue weighted by atomic mass is 10.3. The number of ether oxygens (including phenoxy) is 1. The Labute approximate surface area is 107 Å². The highest BCUT2D eigenvalue weighted by molar-refractivity contribution is 14.2. The normalized spacial score (nSPS) is 9.47. The minimum atomic E-state index is 0.127. The average molecular weight is 336 g/mol. The molecular formula is C11H13IO2S. The van der Waals surface area contributed by atoms with Gasteiger partial charge in [-0.1, -0.05) is 19.1 Å². The molecule has 0 spiro atoms. The molecule has 0 aromatic heterocycles. The summed E-state index contributed by atoms with van der Waals surface area (Å²) in [6.45, 7) is 8.04. The monoisotopic (exact) mass is 336 g/mol. The molecule has 2 nitrogen and oxygen atoms in total. The van der Waals surface area contributed by atoms with Gasteiger partial charge in [-0.2, -0.15) is 0 Å². The molecule has 0 aromatic rings. The summed E-state index contributed by atoms with van der Waals surface area (Å²) in [6, 6.07) is 0. The van der Waals surface area contributed by atoms with Crippen molar-refractivity contribution < 1.29 is 9.84 Å². The van der Waals surface area contributed by atoms with Crippen molar-refractivity contribution >= 4 is 30.1 Å². The molecule has 0 aromatic carbocycles. The van der Waals surface area contributed by atoms with Crippen molar-refractivity contribution in [3.8, 4) is 11.2 Å². The van der Waals surface area contributed by atoms with Crippen LogP contribution >= 0.6 is 30.1 Å². The minimum absolute atomic E-state index is 0.127. The van der Waals surface area contributed by atoms with Gasteiger partial charge in [0.15, 0.2) is 0 Å². The van der Waals surface area contributed by atoms with Crippen molar-refractivity contribution in [3.05, 3.63) is 36.6 Å². The Bertz CT molecular complexity index is 299. The van der Waals surface area contributed by atoms with Crippen LogP contribution < -0.4 is 0 Å². The maximum atomic E-state index is 8.53. The first-order valence-electron chi connectivity index (χ1n) is 4.29. The van der Waals surface area contributed by atoms with E-state index >= 15 is 0 Å². The molecule has 4 heteroatoms. The van der Waals surface area contributed by atoms with Crippen molar-refractivity contribution in [2.24, 2.45) is 0 Å². The predicted molar refractivity (Wildman–Crippen MR) is 74.5 cm³/mol. The lowest BCUT2D eigenvalue weighted by Gasteiger charge is -2.02. The molecule has 0 atom stereocenters. The highest BCUT2D eigenvalue weighted by Gasteiger charge is 1.89. The van der Waals surface area contributed by atoms with Gasteiger partial charge in [0.2, 0.25) is 0 Å². The van der Waals surface area contributed by atoms with Crippen LogP contribution in [0.1, 0.15) is 6.42 Å². The SMILES string of the molecule is C=C(C#CSI)/C=C\C(=C)OCCCO. The van der Waals surface area contributed by atoms with Crippen molar-refractivity contribution in [3.63, 3.8) is 0 Å². The third kappa shape index (κ3) is 9.91. The fourth-order valence-corrected chi connectivity index (χ4v) is 1.14. The first kappa shape index (κ1) is 14.6. The molecule has 0 heterocycles. The molecule has 0 saturated heterocycles. The molecule has 1 N–H and O–H groups in total. The zero-order valence-electron chi connectivity index (χ0n) is 8.33. The zero-order chi connectivity index (χ0) is 11.5. The van der Waals surface area contributed by atoms with Crippen molar-refractivity contribution in [2.75, 3.05) is 13.2 Å². The van der Waals surface area contributed by atoms with E-state index < -0.39 is 0 Å². The standard InChI is InChI=1S/C11H13IO2S/c1-10(6-9-15-12)4-5-11(2)14-8-3-7-13/h4-5,13H,1-3,7-8H2/b5-4-. The lowest BCUT2D eigenvalue weighted by molar-refractivity contribution is 0.185. The fourth-order valence-electron chi connectivity index (χ4n) is 0.636. The fraction of sp³-hybridized carbons (Fsp3) is 0.273. The molecule has 82 valence electrons. The van der Waals surface area contributed by atoms with E-state index in [4.69, 9.17) is 9.84 Å². The van der Waals surface area contributed by atoms with E-state index in [2.05, 4.69) is 45.5 Å². The number of aliphatic hydroxyl groups excluding tert-OH is 1. The van der Waals surface area contributed by atoms with E-state index in [9.17, 15) is 0 Å². The number of hydrogen-bond donors (Lipinski definition) is 1. The maximum Gasteiger partial charge on any atom is 0.112 e. The lowest BCUT2D eigenvalue weighted by Crippen LogP contribution is -1.94. The topological polar surface area (TPSA) is 29.5 Å². The van der Waals surface area contributed by atoms with E-state index in [-0.39, 0.29) is 6.61 Å². The van der Waals surface area contributed by atoms with E-state index in [1.165, 1.54) is 8.93 Å². The zero-order valence-corrected chi connectivity index (χ0v) is 11.3. The molecule has 0 saturated carbocycles. The molecule has 15 heavy (non-hydrogen) atoms. The van der Waals surface area contributed by atoms with Crippen molar-refractivity contribution in [2.45, 2.75) is 6.42 Å². The Morgan fingerprint density at radius 1 is 1.47 bits per heavy atom. The van der Waals surface area contributed by atoms with E-state index in [0.717, 1.165) is 0 Å². The van der Waals surface area contributed by atoms with Crippen LogP contribution in [0.5, 0.6) is 0 Å². The van der Waals surface area contributed by atoms with E-state index in [0.29, 0.717) is 24.4 Å². The van der Waals surface area contributed by atoms with Gasteiger partial charge in [0.1, 0.15) is 5.76 Å². The molecule has 0 aliphatic heterocycles. The summed E-state index contributed by atoms with van der Waals surface area (Å²) in [6.07, 6.45) is 4.08. The second-order valence-corrected chi connectivity index (χ2v) is 4.23. The molecule has 0 rings (SSSR count). The first-order valence-corrected chi connectivity index (χ1v) is 7.64. The predicted octanol–water partition coefficient (Wildman–Crippen LogP) is 3.06. The van der Waals surface area contributed by atoms with Gasteiger partial charge in [0.25, 0.3) is 0 Å². The molecule has 0 aliphatic carbocycles. The molecule has 0 aliphatic rings. The molecular weight excluding hydrogens is 323 g/mol. The van der Waals surface area contributed by atoms with Gasteiger partial charge in [0.05, 0.1) is 6.61 Å². The van der Waals surface area contributed by atoms with Crippen LogP contribution in [0.3, 0.4) is 0 Å². The summed E-state index contributed by atoms with van der Waals surface area (Å²) in [5, 5.41) is 11.4. The van der Waals surface area contributed by atoms with Crippen molar-refractivity contribution in [1.29, 1.82) is 0 Å². The number of hydrogen-bond acceptors (Lipinski definition) is 3. The summed E-state index contributed by atoms with van der Waals surface area (Å²) in [5.41, 5.74) is 0.714. The van der Waals surface area contributed by atoms with Crippen LogP contribution in [-0.2, 0) is 4.74 Å². The van der Waals surface area contributed by atoms with Gasteiger partial charge in [0, 0.05) is 39.8 Å². The largest absolute Gasteiger partial charge is 0.494 e. The van der Waals surface area contributed by atoms with Crippen molar-refractivity contribution in [1.82, 2.24) is 0 Å². The van der Waals surface area contributed by atoms with Crippen LogP contribution in [0, 0.1) is 11.2 Å². The highest BCUT2D eigenvalue weighted by Crippen LogP contribution is 2.08. The Hall–Kier alpha value is -0.380. The summed E-state index contributed by atoms with van der Waals surface area (Å²) < 4.78 is 5.20. The summed E-state index contributed by atoms with van der Waals surface area (Å²) in [4.78, 5) is 0. The second kappa shape index (κ2) is 10.1. The molecule has 0 amide bonds. The third-order valence-corrected chi connectivity index (χ3v) is 2.15. The maximum absolute atomic E-state index is 8.53. The van der Waals surface area contributed by atoms with E-state index in [1.807, 2.05) is 0 Å². The van der Waals surface area contributed by atoms with Gasteiger partial charge in [-0.3, -0.25) is 0 Å². The van der Waals surface area contributed by atoms with Gasteiger partial charge in [-0.05, 0) is 26.3 Å². The van der Waals surface area contributed by atoms with Crippen LogP contribution in [0.25, 0.3) is 0 Å². The highest BCUT2D eigenvalue weighted by atomic mass is 127. The average Bonchev–Trinajstić information content (AvgIpc) is 2.24. The Morgan fingerprint density at radius 2 is 2.20 bits per heavy atom. The smallest absolute Gasteiger partial charge is 0.112 e. The summed E-state index contributed by atoms with van der Waals surface area (Å²) in [7, 11) is 1.41. The van der Waals surface area contributed by atoms with Gasteiger partial charge < -0.3 is 9.84 Å². The molecule has 0 unspecified atom stereocenters. The number of rotatable bonds is 6. The first-order chi connectivity index (χ1) is 7.20. The van der Waals surface area contributed by atoms with Crippen LogP contribution in [0.4, 0.5) is 0 Å². The molecule has 0 bridgehead atoms. The van der Waals surface area contributed by atoms with Gasteiger partial charge >= 0.3 is 0 Å². The Kier molecular flexibility index (Phi) is 9.89. The summed E-state index contributed by atoms with van der Waals surface area (Å²) in [5.74, 6) is 3.39. The quantitative estimate of drug-likeness (QED) is 0.266. The number of halogens is 1.